The van der Waals surface area contributed by atoms with Crippen LogP contribution in [0.15, 0.2) is 95.6 Å². The molecule has 0 bridgehead atoms. The second kappa shape index (κ2) is 6.11. The van der Waals surface area contributed by atoms with Gasteiger partial charge in [0.25, 0.3) is 0 Å². The Hall–Kier alpha value is -2.91. The molecular weight excluding hydrogens is 384 g/mol. The highest BCUT2D eigenvalue weighted by atomic mass is 79.9. The summed E-state index contributed by atoms with van der Waals surface area (Å²) in [6.45, 7) is 0. The minimum Gasteiger partial charge on any atom is -0.308 e. The summed E-state index contributed by atoms with van der Waals surface area (Å²) in [5, 5.41) is 1.16. The van der Waals surface area contributed by atoms with Crippen LogP contribution in [0, 0.1) is 0 Å². The van der Waals surface area contributed by atoms with E-state index in [1.807, 2.05) is 18.3 Å². The van der Waals surface area contributed by atoms with Crippen LogP contribution in [0.3, 0.4) is 0 Å². The lowest BCUT2D eigenvalue weighted by Crippen LogP contribution is -1.93. The molecule has 0 fully saturated rings. The molecule has 0 aliphatic heterocycles. The molecular formula is C23H15BrN2. The standard InChI is InChI=1S/C23H15BrN2/c24-18-10-13-20-22(15-18)26(21-7-4-14-25-23(20)21)19-11-8-17(9-12-19)16-5-2-1-3-6-16/h1-15H. The third-order valence-electron chi connectivity index (χ3n) is 4.72. The van der Waals surface area contributed by atoms with Crippen LogP contribution in [-0.4, -0.2) is 9.55 Å². The van der Waals surface area contributed by atoms with Crippen LogP contribution in [0.5, 0.6) is 0 Å². The number of nitrogens with zero attached hydrogens (tertiary/aromatic N) is 2. The van der Waals surface area contributed by atoms with Crippen molar-refractivity contribution in [2.24, 2.45) is 0 Å². The number of rotatable bonds is 2. The van der Waals surface area contributed by atoms with Gasteiger partial charge in [0.05, 0.1) is 16.6 Å². The zero-order valence-electron chi connectivity index (χ0n) is 13.9. The number of pyridine rings is 1. The molecule has 0 radical (unpaired) electrons. The molecule has 5 rings (SSSR count). The SMILES string of the molecule is Brc1ccc2c3ncccc3n(-c3ccc(-c4ccccc4)cc3)c2c1. The summed E-state index contributed by atoms with van der Waals surface area (Å²) in [5.74, 6) is 0. The molecule has 0 N–H and O–H groups in total. The molecule has 0 unspecified atom stereocenters. The van der Waals surface area contributed by atoms with Crippen molar-refractivity contribution in [2.45, 2.75) is 0 Å². The predicted octanol–water partition coefficient (Wildman–Crippen LogP) is 6.61. The first-order chi connectivity index (χ1) is 12.8. The van der Waals surface area contributed by atoms with Crippen LogP contribution in [0.1, 0.15) is 0 Å². The summed E-state index contributed by atoms with van der Waals surface area (Å²) in [5.41, 5.74) is 6.88. The van der Waals surface area contributed by atoms with Crippen LogP contribution in [0.4, 0.5) is 0 Å². The molecule has 0 aliphatic rings. The van der Waals surface area contributed by atoms with E-state index in [0.29, 0.717) is 0 Å². The van der Waals surface area contributed by atoms with Gasteiger partial charge in [-0.25, -0.2) is 0 Å². The predicted molar refractivity (Wildman–Crippen MR) is 112 cm³/mol. The van der Waals surface area contributed by atoms with E-state index in [2.05, 4.69) is 98.3 Å². The van der Waals surface area contributed by atoms with Gasteiger partial charge in [-0.15, -0.1) is 0 Å². The highest BCUT2D eigenvalue weighted by Crippen LogP contribution is 2.33. The number of benzene rings is 3. The van der Waals surface area contributed by atoms with Gasteiger partial charge in [-0.2, -0.15) is 0 Å². The molecule has 0 saturated heterocycles. The quantitative estimate of drug-likeness (QED) is 0.327. The zero-order valence-corrected chi connectivity index (χ0v) is 15.5. The van der Waals surface area contributed by atoms with Gasteiger partial charge in [-0.05, 0) is 53.6 Å². The zero-order chi connectivity index (χ0) is 17.5. The van der Waals surface area contributed by atoms with Crippen LogP contribution in [0.25, 0.3) is 38.8 Å². The third-order valence-corrected chi connectivity index (χ3v) is 5.21. The van der Waals surface area contributed by atoms with Crippen molar-refractivity contribution >= 4 is 37.9 Å². The maximum Gasteiger partial charge on any atom is 0.0963 e. The van der Waals surface area contributed by atoms with E-state index < -0.39 is 0 Å². The molecule has 0 aliphatic carbocycles. The highest BCUT2D eigenvalue weighted by molar-refractivity contribution is 9.10. The monoisotopic (exact) mass is 398 g/mol. The van der Waals surface area contributed by atoms with Gasteiger partial charge in [-0.1, -0.05) is 58.4 Å². The highest BCUT2D eigenvalue weighted by Gasteiger charge is 2.13. The van der Waals surface area contributed by atoms with Crippen molar-refractivity contribution in [1.29, 1.82) is 0 Å². The number of aromatic nitrogens is 2. The van der Waals surface area contributed by atoms with E-state index in [-0.39, 0.29) is 0 Å². The molecule has 124 valence electrons. The molecule has 3 heteroatoms. The Bertz CT molecular complexity index is 1220. The van der Waals surface area contributed by atoms with Crippen LogP contribution < -0.4 is 0 Å². The molecule has 2 aromatic heterocycles. The fourth-order valence-electron chi connectivity index (χ4n) is 3.52. The Balaban J connectivity index is 1.74. The molecule has 26 heavy (non-hydrogen) atoms. The number of hydrogen-bond acceptors (Lipinski definition) is 1. The first kappa shape index (κ1) is 15.4. The van der Waals surface area contributed by atoms with E-state index in [1.165, 1.54) is 11.1 Å². The van der Waals surface area contributed by atoms with Gasteiger partial charge in [0.2, 0.25) is 0 Å². The van der Waals surface area contributed by atoms with E-state index in [4.69, 9.17) is 0 Å². The third kappa shape index (κ3) is 2.44. The summed E-state index contributed by atoms with van der Waals surface area (Å²) >= 11 is 3.60. The first-order valence-corrected chi connectivity index (χ1v) is 9.31. The van der Waals surface area contributed by atoms with E-state index in [9.17, 15) is 0 Å². The van der Waals surface area contributed by atoms with Crippen molar-refractivity contribution < 1.29 is 0 Å². The van der Waals surface area contributed by atoms with Crippen LogP contribution in [-0.2, 0) is 0 Å². The fourth-order valence-corrected chi connectivity index (χ4v) is 3.87. The normalized spacial score (nSPS) is 11.3. The van der Waals surface area contributed by atoms with Gasteiger partial charge < -0.3 is 4.57 Å². The van der Waals surface area contributed by atoms with Gasteiger partial charge in [0.15, 0.2) is 0 Å². The van der Waals surface area contributed by atoms with E-state index >= 15 is 0 Å². The fraction of sp³-hybridized carbons (Fsp3) is 0. The Kier molecular flexibility index (Phi) is 3.61. The molecule has 2 heterocycles. The summed E-state index contributed by atoms with van der Waals surface area (Å²) < 4.78 is 3.34. The Morgan fingerprint density at radius 1 is 0.692 bits per heavy atom. The molecule has 0 spiro atoms. The molecule has 5 aromatic rings. The molecule has 0 saturated carbocycles. The van der Waals surface area contributed by atoms with Gasteiger partial charge in [0.1, 0.15) is 0 Å². The molecule has 0 atom stereocenters. The van der Waals surface area contributed by atoms with Crippen LogP contribution >= 0.6 is 15.9 Å². The summed E-state index contributed by atoms with van der Waals surface area (Å²) in [7, 11) is 0. The summed E-state index contributed by atoms with van der Waals surface area (Å²) in [6.07, 6.45) is 1.85. The lowest BCUT2D eigenvalue weighted by atomic mass is 10.1. The topological polar surface area (TPSA) is 17.8 Å². The van der Waals surface area contributed by atoms with Crippen molar-refractivity contribution in [3.63, 3.8) is 0 Å². The second-order valence-corrected chi connectivity index (χ2v) is 7.20. The summed E-state index contributed by atoms with van der Waals surface area (Å²) in [6, 6.07) is 29.6. The summed E-state index contributed by atoms with van der Waals surface area (Å²) in [4.78, 5) is 4.61. The van der Waals surface area contributed by atoms with Gasteiger partial charge >= 0.3 is 0 Å². The number of hydrogen-bond donors (Lipinski definition) is 0. The second-order valence-electron chi connectivity index (χ2n) is 6.28. The smallest absolute Gasteiger partial charge is 0.0963 e. The Morgan fingerprint density at radius 2 is 1.46 bits per heavy atom. The lowest BCUT2D eigenvalue weighted by molar-refractivity contribution is 1.17. The minimum absolute atomic E-state index is 1.03. The van der Waals surface area contributed by atoms with Crippen molar-refractivity contribution in [3.8, 4) is 16.8 Å². The van der Waals surface area contributed by atoms with Crippen molar-refractivity contribution in [1.82, 2.24) is 9.55 Å². The minimum atomic E-state index is 1.03. The van der Waals surface area contributed by atoms with Crippen molar-refractivity contribution in [2.75, 3.05) is 0 Å². The maximum atomic E-state index is 4.61. The Labute approximate surface area is 159 Å². The molecule has 3 aromatic carbocycles. The van der Waals surface area contributed by atoms with Gasteiger partial charge in [-0.3, -0.25) is 4.98 Å². The number of fused-ring (bicyclic) bond motifs is 3. The maximum absolute atomic E-state index is 4.61. The average Bonchev–Trinajstić information content (AvgIpc) is 3.02. The largest absolute Gasteiger partial charge is 0.308 e. The van der Waals surface area contributed by atoms with Crippen molar-refractivity contribution in [3.05, 3.63) is 95.6 Å². The average molecular weight is 399 g/mol. The lowest BCUT2D eigenvalue weighted by Gasteiger charge is -2.09. The number of halogens is 1. The van der Waals surface area contributed by atoms with E-state index in [1.54, 1.807) is 0 Å². The first-order valence-electron chi connectivity index (χ1n) is 8.52. The molecule has 2 nitrogen and oxygen atoms in total. The van der Waals surface area contributed by atoms with Gasteiger partial charge in [0, 0.05) is 21.7 Å². The van der Waals surface area contributed by atoms with Crippen LogP contribution in [0.2, 0.25) is 0 Å². The van der Waals surface area contributed by atoms with E-state index in [0.717, 1.165) is 32.1 Å². The molecule has 0 amide bonds. The Morgan fingerprint density at radius 3 is 2.27 bits per heavy atom.